The first kappa shape index (κ1) is 15.5. The summed E-state index contributed by atoms with van der Waals surface area (Å²) in [6.45, 7) is 5.67. The van der Waals surface area contributed by atoms with Gasteiger partial charge in [-0.15, -0.1) is 0 Å². The van der Waals surface area contributed by atoms with Crippen LogP contribution in [0.2, 0.25) is 5.02 Å². The maximum absolute atomic E-state index is 11.7. The van der Waals surface area contributed by atoms with Crippen LogP contribution >= 0.6 is 11.6 Å². The molecule has 102 valence electrons. The van der Waals surface area contributed by atoms with E-state index in [2.05, 4.69) is 5.32 Å². The van der Waals surface area contributed by atoms with Gasteiger partial charge in [0.25, 0.3) is 0 Å². The molecule has 0 aliphatic rings. The zero-order valence-corrected chi connectivity index (χ0v) is 13.0. The Morgan fingerprint density at radius 2 is 1.72 bits per heavy atom. The fourth-order valence-electron chi connectivity index (χ4n) is 1.93. The fraction of sp³-hybridized carbons (Fsp3) is 0.538. The highest BCUT2D eigenvalue weighted by molar-refractivity contribution is 7.91. The van der Waals surface area contributed by atoms with Gasteiger partial charge in [-0.3, -0.25) is 0 Å². The molecule has 0 fully saturated rings. The van der Waals surface area contributed by atoms with Gasteiger partial charge in [0.05, 0.1) is 5.25 Å². The molecule has 0 spiro atoms. The molecule has 2 atom stereocenters. The molecule has 0 saturated heterocycles. The second-order valence-electron chi connectivity index (χ2n) is 4.76. The third-order valence-corrected chi connectivity index (χ3v) is 5.35. The van der Waals surface area contributed by atoms with Crippen LogP contribution < -0.4 is 5.32 Å². The van der Waals surface area contributed by atoms with Gasteiger partial charge in [-0.1, -0.05) is 17.7 Å². The minimum absolute atomic E-state index is 0.299. The van der Waals surface area contributed by atoms with Crippen molar-refractivity contribution in [2.75, 3.05) is 13.3 Å². The lowest BCUT2D eigenvalue weighted by atomic mass is 9.99. The van der Waals surface area contributed by atoms with Crippen molar-refractivity contribution < 1.29 is 8.42 Å². The standard InChI is InChI=1S/C13H20ClNO2S/c1-8-6-11(12(14)7-9(8)2)13(15-4)10(3)18(5,16)17/h6-7,10,13,15H,1-5H3. The summed E-state index contributed by atoms with van der Waals surface area (Å²) in [5.41, 5.74) is 3.04. The largest absolute Gasteiger partial charge is 0.312 e. The van der Waals surface area contributed by atoms with Crippen molar-refractivity contribution in [1.29, 1.82) is 0 Å². The monoisotopic (exact) mass is 289 g/mol. The van der Waals surface area contributed by atoms with Crippen molar-refractivity contribution in [3.8, 4) is 0 Å². The summed E-state index contributed by atoms with van der Waals surface area (Å²) in [6, 6.07) is 3.54. The second-order valence-corrected chi connectivity index (χ2v) is 7.57. The molecule has 1 rings (SSSR count). The van der Waals surface area contributed by atoms with Gasteiger partial charge in [0.1, 0.15) is 0 Å². The molecule has 18 heavy (non-hydrogen) atoms. The predicted octanol–water partition coefficient (Wildman–Crippen LogP) is 2.65. The maximum Gasteiger partial charge on any atom is 0.151 e. The van der Waals surface area contributed by atoms with Crippen LogP contribution in [-0.4, -0.2) is 27.0 Å². The maximum atomic E-state index is 11.7. The van der Waals surface area contributed by atoms with Crippen molar-refractivity contribution in [2.24, 2.45) is 0 Å². The van der Waals surface area contributed by atoms with E-state index in [4.69, 9.17) is 11.6 Å². The van der Waals surface area contributed by atoms with Crippen LogP contribution in [0, 0.1) is 13.8 Å². The number of nitrogens with one attached hydrogen (secondary N) is 1. The minimum Gasteiger partial charge on any atom is -0.312 e. The lowest BCUT2D eigenvalue weighted by Gasteiger charge is -2.24. The summed E-state index contributed by atoms with van der Waals surface area (Å²) in [4.78, 5) is 0. The number of benzene rings is 1. The second kappa shape index (κ2) is 5.59. The zero-order valence-electron chi connectivity index (χ0n) is 11.4. The first-order valence-corrected chi connectivity index (χ1v) is 8.14. The molecule has 0 aromatic heterocycles. The number of sulfone groups is 1. The molecule has 0 heterocycles. The van der Waals surface area contributed by atoms with E-state index in [0.717, 1.165) is 16.7 Å². The molecule has 1 N–H and O–H groups in total. The topological polar surface area (TPSA) is 46.2 Å². The van der Waals surface area contributed by atoms with E-state index < -0.39 is 15.1 Å². The molecule has 1 aromatic carbocycles. The van der Waals surface area contributed by atoms with Gasteiger partial charge in [-0.05, 0) is 50.6 Å². The summed E-state index contributed by atoms with van der Waals surface area (Å²) in [5.74, 6) is 0. The van der Waals surface area contributed by atoms with E-state index in [1.807, 2.05) is 26.0 Å². The normalized spacial score (nSPS) is 15.4. The molecule has 0 amide bonds. The van der Waals surface area contributed by atoms with Crippen molar-refractivity contribution in [3.05, 3.63) is 33.8 Å². The molecule has 0 aliphatic carbocycles. The van der Waals surface area contributed by atoms with Crippen molar-refractivity contribution >= 4 is 21.4 Å². The van der Waals surface area contributed by atoms with Gasteiger partial charge in [-0.25, -0.2) is 8.42 Å². The predicted molar refractivity (Wildman–Crippen MR) is 77.0 cm³/mol. The lowest BCUT2D eigenvalue weighted by Crippen LogP contribution is -2.33. The molecule has 0 aliphatic heterocycles. The zero-order chi connectivity index (χ0) is 14.1. The van der Waals surface area contributed by atoms with Gasteiger partial charge in [0.15, 0.2) is 9.84 Å². The lowest BCUT2D eigenvalue weighted by molar-refractivity contribution is 0.535. The van der Waals surface area contributed by atoms with E-state index in [-0.39, 0.29) is 6.04 Å². The van der Waals surface area contributed by atoms with E-state index in [1.54, 1.807) is 14.0 Å². The molecule has 0 radical (unpaired) electrons. The summed E-state index contributed by atoms with van der Waals surface area (Å²) >= 11 is 6.23. The molecule has 3 nitrogen and oxygen atoms in total. The highest BCUT2D eigenvalue weighted by Gasteiger charge is 2.27. The van der Waals surface area contributed by atoms with E-state index >= 15 is 0 Å². The average molecular weight is 290 g/mol. The molecule has 2 unspecified atom stereocenters. The number of rotatable bonds is 4. The van der Waals surface area contributed by atoms with Gasteiger partial charge in [-0.2, -0.15) is 0 Å². The number of hydrogen-bond acceptors (Lipinski definition) is 3. The average Bonchev–Trinajstić information content (AvgIpc) is 2.24. The fourth-order valence-corrected chi connectivity index (χ4v) is 3.04. The van der Waals surface area contributed by atoms with Crippen molar-refractivity contribution in [1.82, 2.24) is 5.32 Å². The Kier molecular flexibility index (Phi) is 4.81. The quantitative estimate of drug-likeness (QED) is 0.927. The summed E-state index contributed by atoms with van der Waals surface area (Å²) in [7, 11) is -1.38. The number of aryl methyl sites for hydroxylation is 2. The SMILES string of the molecule is CNC(c1cc(C)c(C)cc1Cl)C(C)S(C)(=O)=O. The third-order valence-electron chi connectivity index (χ3n) is 3.40. The van der Waals surface area contributed by atoms with Crippen LogP contribution in [0.5, 0.6) is 0 Å². The summed E-state index contributed by atoms with van der Waals surface area (Å²) in [5, 5.41) is 3.13. The van der Waals surface area contributed by atoms with E-state index in [9.17, 15) is 8.42 Å². The summed E-state index contributed by atoms with van der Waals surface area (Å²) < 4.78 is 23.4. The van der Waals surface area contributed by atoms with Gasteiger partial charge >= 0.3 is 0 Å². The highest BCUT2D eigenvalue weighted by atomic mass is 35.5. The molecule has 0 saturated carbocycles. The molecule has 0 bridgehead atoms. The van der Waals surface area contributed by atoms with E-state index in [1.165, 1.54) is 6.26 Å². The highest BCUT2D eigenvalue weighted by Crippen LogP contribution is 2.30. The van der Waals surface area contributed by atoms with Gasteiger partial charge in [0, 0.05) is 17.3 Å². The van der Waals surface area contributed by atoms with Crippen LogP contribution in [0.1, 0.15) is 29.7 Å². The molecular formula is C13H20ClNO2S. The Labute approximate surface area is 114 Å². The Morgan fingerprint density at radius 3 is 2.17 bits per heavy atom. The molecule has 1 aromatic rings. The Balaban J connectivity index is 3.30. The van der Waals surface area contributed by atoms with Gasteiger partial charge < -0.3 is 5.32 Å². The van der Waals surface area contributed by atoms with Crippen LogP contribution in [0.25, 0.3) is 0 Å². The molecular weight excluding hydrogens is 270 g/mol. The van der Waals surface area contributed by atoms with Crippen LogP contribution in [0.4, 0.5) is 0 Å². The number of hydrogen-bond donors (Lipinski definition) is 1. The molecule has 5 heteroatoms. The van der Waals surface area contributed by atoms with Crippen LogP contribution in [0.3, 0.4) is 0 Å². The first-order chi connectivity index (χ1) is 8.18. The third kappa shape index (κ3) is 3.25. The minimum atomic E-state index is -3.12. The Bertz CT molecular complexity index is 540. The smallest absolute Gasteiger partial charge is 0.151 e. The summed E-state index contributed by atoms with van der Waals surface area (Å²) in [6.07, 6.45) is 1.25. The first-order valence-electron chi connectivity index (χ1n) is 5.81. The van der Waals surface area contributed by atoms with Crippen molar-refractivity contribution in [3.63, 3.8) is 0 Å². The van der Waals surface area contributed by atoms with Crippen LogP contribution in [-0.2, 0) is 9.84 Å². The van der Waals surface area contributed by atoms with Gasteiger partial charge in [0.2, 0.25) is 0 Å². The Hall–Kier alpha value is -0.580. The van der Waals surface area contributed by atoms with Crippen molar-refractivity contribution in [2.45, 2.75) is 32.1 Å². The number of halogens is 1. The van der Waals surface area contributed by atoms with Crippen LogP contribution in [0.15, 0.2) is 12.1 Å². The Morgan fingerprint density at radius 1 is 1.22 bits per heavy atom. The van der Waals surface area contributed by atoms with E-state index in [0.29, 0.717) is 5.02 Å².